The van der Waals surface area contributed by atoms with E-state index in [1.54, 1.807) is 6.92 Å². The topological polar surface area (TPSA) is 61.8 Å². The molecule has 5 nitrogen and oxygen atoms in total. The molecule has 1 aliphatic rings. The number of nitrogens with one attached hydrogen (secondary N) is 1. The molecule has 1 amide bonds. The molecule has 5 heteroatoms. The summed E-state index contributed by atoms with van der Waals surface area (Å²) in [4.78, 5) is 14.1. The second-order valence-corrected chi connectivity index (χ2v) is 5.57. The van der Waals surface area contributed by atoms with Crippen molar-refractivity contribution in [1.82, 2.24) is 10.2 Å². The van der Waals surface area contributed by atoms with E-state index in [0.29, 0.717) is 19.6 Å². The number of carbonyl (C=O) groups is 1. The molecule has 21 heavy (non-hydrogen) atoms. The van der Waals surface area contributed by atoms with E-state index in [1.807, 2.05) is 18.2 Å². The van der Waals surface area contributed by atoms with E-state index < -0.39 is 6.10 Å². The summed E-state index contributed by atoms with van der Waals surface area (Å²) in [6, 6.07) is 10.3. The van der Waals surface area contributed by atoms with Gasteiger partial charge in [-0.2, -0.15) is 0 Å². The lowest BCUT2D eigenvalue weighted by molar-refractivity contribution is -0.126. The van der Waals surface area contributed by atoms with Crippen LogP contribution in [0.25, 0.3) is 0 Å². The van der Waals surface area contributed by atoms with Crippen molar-refractivity contribution >= 4 is 5.91 Å². The molecule has 1 aromatic rings. The molecule has 1 aromatic carbocycles. The number of morpholine rings is 1. The summed E-state index contributed by atoms with van der Waals surface area (Å²) in [7, 11) is 0. The maximum atomic E-state index is 11.8. The Bertz CT molecular complexity index is 436. The zero-order valence-electron chi connectivity index (χ0n) is 12.5. The number of carbonyl (C=O) groups excluding carboxylic acids is 1. The minimum Gasteiger partial charge on any atom is -0.392 e. The van der Waals surface area contributed by atoms with Crippen molar-refractivity contribution in [1.29, 1.82) is 0 Å². The van der Waals surface area contributed by atoms with E-state index in [0.717, 1.165) is 19.6 Å². The molecule has 0 bridgehead atoms. The van der Waals surface area contributed by atoms with Gasteiger partial charge in [0.25, 0.3) is 0 Å². The fourth-order valence-electron chi connectivity index (χ4n) is 2.43. The lowest BCUT2D eigenvalue weighted by Gasteiger charge is -2.32. The van der Waals surface area contributed by atoms with Gasteiger partial charge in [-0.3, -0.25) is 9.69 Å². The Kier molecular flexibility index (Phi) is 6.17. The summed E-state index contributed by atoms with van der Waals surface area (Å²) in [5.74, 6) is -0.0672. The van der Waals surface area contributed by atoms with E-state index in [2.05, 4.69) is 22.3 Å². The summed E-state index contributed by atoms with van der Waals surface area (Å²) >= 11 is 0. The highest BCUT2D eigenvalue weighted by molar-refractivity contribution is 5.76. The predicted molar refractivity (Wildman–Crippen MR) is 80.8 cm³/mol. The van der Waals surface area contributed by atoms with Gasteiger partial charge in [0.15, 0.2) is 0 Å². The zero-order valence-corrected chi connectivity index (χ0v) is 12.5. The molecule has 2 atom stereocenters. The Morgan fingerprint density at radius 1 is 1.48 bits per heavy atom. The number of hydrogen-bond donors (Lipinski definition) is 2. The maximum Gasteiger partial charge on any atom is 0.222 e. The number of aliphatic hydroxyl groups excluding tert-OH is 1. The second kappa shape index (κ2) is 8.12. The van der Waals surface area contributed by atoms with Crippen LogP contribution >= 0.6 is 0 Å². The fourth-order valence-corrected chi connectivity index (χ4v) is 2.43. The first kappa shape index (κ1) is 15.9. The van der Waals surface area contributed by atoms with Gasteiger partial charge in [0.05, 0.1) is 25.2 Å². The third-order valence-electron chi connectivity index (χ3n) is 3.48. The van der Waals surface area contributed by atoms with Crippen LogP contribution in [0.5, 0.6) is 0 Å². The number of aliphatic hydroxyl groups is 1. The highest BCUT2D eigenvalue weighted by Crippen LogP contribution is 2.12. The molecule has 1 fully saturated rings. The number of hydrogen-bond acceptors (Lipinski definition) is 4. The van der Waals surface area contributed by atoms with Crippen LogP contribution in [0.4, 0.5) is 0 Å². The van der Waals surface area contributed by atoms with Crippen molar-refractivity contribution in [3.63, 3.8) is 0 Å². The Balaban J connectivity index is 1.76. The summed E-state index contributed by atoms with van der Waals surface area (Å²) < 4.78 is 5.66. The average molecular weight is 292 g/mol. The first-order valence-electron chi connectivity index (χ1n) is 7.46. The average Bonchev–Trinajstić information content (AvgIpc) is 2.46. The highest BCUT2D eigenvalue weighted by atomic mass is 16.5. The van der Waals surface area contributed by atoms with Gasteiger partial charge >= 0.3 is 0 Å². The minimum absolute atomic E-state index is 0.0672. The first-order valence-corrected chi connectivity index (χ1v) is 7.46. The molecule has 1 saturated heterocycles. The van der Waals surface area contributed by atoms with Crippen molar-refractivity contribution in [2.24, 2.45) is 0 Å². The van der Waals surface area contributed by atoms with Crippen molar-refractivity contribution in [2.75, 3.05) is 26.2 Å². The minimum atomic E-state index is -0.518. The number of rotatable bonds is 6. The van der Waals surface area contributed by atoms with Crippen molar-refractivity contribution in [3.05, 3.63) is 35.9 Å². The quantitative estimate of drug-likeness (QED) is 0.813. The molecule has 2 N–H and O–H groups in total. The van der Waals surface area contributed by atoms with Crippen molar-refractivity contribution < 1.29 is 14.6 Å². The molecule has 0 aliphatic carbocycles. The molecular weight excluding hydrogens is 268 g/mol. The molecule has 1 aliphatic heterocycles. The maximum absolute atomic E-state index is 11.8. The van der Waals surface area contributed by atoms with E-state index in [4.69, 9.17) is 9.84 Å². The van der Waals surface area contributed by atoms with Crippen LogP contribution in [0.2, 0.25) is 0 Å². The third-order valence-corrected chi connectivity index (χ3v) is 3.48. The van der Waals surface area contributed by atoms with Crippen LogP contribution in [-0.2, 0) is 16.1 Å². The molecule has 0 saturated carbocycles. The summed E-state index contributed by atoms with van der Waals surface area (Å²) in [6.45, 7) is 5.13. The van der Waals surface area contributed by atoms with Crippen LogP contribution < -0.4 is 5.32 Å². The Labute approximate surface area is 125 Å². The summed E-state index contributed by atoms with van der Waals surface area (Å²) in [5.41, 5.74) is 1.27. The van der Waals surface area contributed by atoms with Crippen LogP contribution in [0.15, 0.2) is 30.3 Å². The van der Waals surface area contributed by atoms with Gasteiger partial charge < -0.3 is 15.2 Å². The molecule has 0 aromatic heterocycles. The van der Waals surface area contributed by atoms with Gasteiger partial charge in [-0.25, -0.2) is 0 Å². The third kappa shape index (κ3) is 5.83. The van der Waals surface area contributed by atoms with E-state index in [-0.39, 0.29) is 12.0 Å². The van der Waals surface area contributed by atoms with E-state index >= 15 is 0 Å². The summed E-state index contributed by atoms with van der Waals surface area (Å²) in [5, 5.41) is 11.9. The highest BCUT2D eigenvalue weighted by Gasteiger charge is 2.22. The van der Waals surface area contributed by atoms with Gasteiger partial charge in [0, 0.05) is 26.2 Å². The molecule has 0 spiro atoms. The standard InChI is InChI=1S/C16H24N2O3/c1-13(19)10-17-16(20)9-15-12-18(7-8-21-15)11-14-5-3-2-4-6-14/h2-6,13,15,19H,7-12H2,1H3,(H,17,20). The zero-order chi connectivity index (χ0) is 15.1. The largest absolute Gasteiger partial charge is 0.392 e. The number of amides is 1. The molecular formula is C16H24N2O3. The van der Waals surface area contributed by atoms with Gasteiger partial charge in [-0.05, 0) is 12.5 Å². The van der Waals surface area contributed by atoms with Crippen molar-refractivity contribution in [3.8, 4) is 0 Å². The Morgan fingerprint density at radius 2 is 2.24 bits per heavy atom. The normalized spacial score (nSPS) is 21.0. The smallest absolute Gasteiger partial charge is 0.222 e. The lowest BCUT2D eigenvalue weighted by atomic mass is 10.1. The first-order chi connectivity index (χ1) is 10.1. The molecule has 2 unspecified atom stereocenters. The van der Waals surface area contributed by atoms with Crippen LogP contribution in [0.3, 0.4) is 0 Å². The summed E-state index contributed by atoms with van der Waals surface area (Å²) in [6.07, 6.45) is -0.245. The monoisotopic (exact) mass is 292 g/mol. The van der Waals surface area contributed by atoms with Crippen LogP contribution in [0, 0.1) is 0 Å². The van der Waals surface area contributed by atoms with Gasteiger partial charge in [-0.1, -0.05) is 30.3 Å². The number of benzene rings is 1. The molecule has 116 valence electrons. The van der Waals surface area contributed by atoms with E-state index in [9.17, 15) is 4.79 Å². The Morgan fingerprint density at radius 3 is 2.95 bits per heavy atom. The van der Waals surface area contributed by atoms with Gasteiger partial charge in [0.1, 0.15) is 0 Å². The van der Waals surface area contributed by atoms with Gasteiger partial charge in [0.2, 0.25) is 5.91 Å². The Hall–Kier alpha value is -1.43. The molecule has 1 heterocycles. The van der Waals surface area contributed by atoms with Gasteiger partial charge in [-0.15, -0.1) is 0 Å². The number of ether oxygens (including phenoxy) is 1. The van der Waals surface area contributed by atoms with Crippen LogP contribution in [0.1, 0.15) is 18.9 Å². The number of nitrogens with zero attached hydrogens (tertiary/aromatic N) is 1. The van der Waals surface area contributed by atoms with Crippen molar-refractivity contribution in [2.45, 2.75) is 32.1 Å². The fraction of sp³-hybridized carbons (Fsp3) is 0.562. The second-order valence-electron chi connectivity index (χ2n) is 5.57. The lowest BCUT2D eigenvalue weighted by Crippen LogP contribution is -2.44. The van der Waals surface area contributed by atoms with E-state index in [1.165, 1.54) is 5.56 Å². The molecule has 0 radical (unpaired) electrons. The molecule has 2 rings (SSSR count). The SMILES string of the molecule is CC(O)CNC(=O)CC1CN(Cc2ccccc2)CCO1. The van der Waals surface area contributed by atoms with Crippen LogP contribution in [-0.4, -0.2) is 54.4 Å². The predicted octanol–water partition coefficient (Wildman–Crippen LogP) is 0.774.